The van der Waals surface area contributed by atoms with Crippen molar-refractivity contribution in [2.45, 2.75) is 61.9 Å². The van der Waals surface area contributed by atoms with Gasteiger partial charge in [-0.1, -0.05) is 49.4 Å². The maximum Gasteiger partial charge on any atom is 0.231 e. The van der Waals surface area contributed by atoms with E-state index in [4.69, 9.17) is 14.2 Å². The number of ether oxygens (including phenoxy) is 3. The Hall–Kier alpha value is -2.84. The van der Waals surface area contributed by atoms with Gasteiger partial charge in [0.15, 0.2) is 11.5 Å². The smallest absolute Gasteiger partial charge is 0.231 e. The summed E-state index contributed by atoms with van der Waals surface area (Å²) in [5.41, 5.74) is 3.97. The van der Waals surface area contributed by atoms with Gasteiger partial charge in [-0.2, -0.15) is 0 Å². The van der Waals surface area contributed by atoms with Crippen LogP contribution in [0.4, 0.5) is 0 Å². The number of hydrogen-bond donors (Lipinski definition) is 1. The lowest BCUT2D eigenvalue weighted by Gasteiger charge is -2.15. The number of hydrogen-bond acceptors (Lipinski definition) is 5. The third-order valence-corrected chi connectivity index (χ3v) is 7.48. The Morgan fingerprint density at radius 3 is 2.38 bits per heavy atom. The van der Waals surface area contributed by atoms with Gasteiger partial charge in [0.2, 0.25) is 6.79 Å². The van der Waals surface area contributed by atoms with Crippen LogP contribution in [0.3, 0.4) is 0 Å². The van der Waals surface area contributed by atoms with Crippen molar-refractivity contribution in [3.05, 3.63) is 77.9 Å². The second-order valence-electron chi connectivity index (χ2n) is 9.54. The van der Waals surface area contributed by atoms with Gasteiger partial charge in [0, 0.05) is 19.3 Å². The first-order valence-corrected chi connectivity index (χ1v) is 13.0. The largest absolute Gasteiger partial charge is 0.454 e. The highest BCUT2D eigenvalue weighted by atomic mass is 32.1. The molecule has 1 aliphatic carbocycles. The summed E-state index contributed by atoms with van der Waals surface area (Å²) in [7, 11) is 0. The zero-order chi connectivity index (χ0) is 24.3. The molecule has 3 aromatic rings. The molecule has 6 nitrogen and oxygen atoms in total. The Morgan fingerprint density at radius 1 is 0.973 bits per heavy atom. The summed E-state index contributed by atoms with van der Waals surface area (Å²) < 4.78 is 16.2. The maximum atomic E-state index is 13.2. The van der Waals surface area contributed by atoms with E-state index in [1.165, 1.54) is 19.3 Å². The molecule has 0 aromatic heterocycles. The fourth-order valence-electron chi connectivity index (χ4n) is 4.88. The Bertz CT molecular complexity index is 1190. The van der Waals surface area contributed by atoms with E-state index in [1.54, 1.807) is 0 Å². The monoisotopic (exact) mass is 526 g/mol. The summed E-state index contributed by atoms with van der Waals surface area (Å²) in [6.45, 7) is 3.43. The molecular weight excluding hydrogens is 488 g/mol. The summed E-state index contributed by atoms with van der Waals surface area (Å²) in [5.74, 6) is 1.77. The topological polar surface area (TPSA) is 108 Å². The van der Waals surface area contributed by atoms with Gasteiger partial charge in [-0.3, -0.25) is 4.79 Å². The van der Waals surface area contributed by atoms with Crippen molar-refractivity contribution in [3.63, 3.8) is 0 Å². The summed E-state index contributed by atoms with van der Waals surface area (Å²) in [6.07, 6.45) is 6.59. The fourth-order valence-corrected chi connectivity index (χ4v) is 5.03. The minimum absolute atomic E-state index is 0. The van der Waals surface area contributed by atoms with Crippen LogP contribution in [0.25, 0.3) is 11.1 Å². The molecule has 2 heterocycles. The Labute approximate surface area is 225 Å². The van der Waals surface area contributed by atoms with Crippen LogP contribution in [0.15, 0.2) is 71.6 Å². The highest BCUT2D eigenvalue weighted by Crippen LogP contribution is 2.51. The molecule has 0 spiro atoms. The summed E-state index contributed by atoms with van der Waals surface area (Å²) in [4.78, 5) is 14.1. The zero-order valence-electron chi connectivity index (χ0n) is 21.2. The first-order chi connectivity index (χ1) is 17.1. The van der Waals surface area contributed by atoms with E-state index in [-0.39, 0.29) is 30.4 Å². The van der Waals surface area contributed by atoms with Crippen LogP contribution < -0.4 is 9.47 Å². The SMILES string of the molecule is CC[C@@H]1CCCO1.O.O.O=C(Cc1cccc(-c2ccc(S)cc2)c1)C1(c2ccc3c(c2)OCO3)CC1.[HH]. The van der Waals surface area contributed by atoms with Crippen LogP contribution >= 0.6 is 12.6 Å². The molecule has 1 saturated heterocycles. The van der Waals surface area contributed by atoms with Crippen LogP contribution in [0.5, 0.6) is 11.5 Å². The van der Waals surface area contributed by atoms with Crippen molar-refractivity contribution in [1.29, 1.82) is 0 Å². The molecule has 4 N–H and O–H groups in total. The average molecular weight is 527 g/mol. The predicted molar refractivity (Wildman–Crippen MR) is 150 cm³/mol. The van der Waals surface area contributed by atoms with Crippen molar-refractivity contribution in [1.82, 2.24) is 0 Å². The van der Waals surface area contributed by atoms with Crippen LogP contribution in [-0.2, 0) is 21.4 Å². The van der Waals surface area contributed by atoms with E-state index in [2.05, 4.69) is 43.8 Å². The second kappa shape index (κ2) is 12.6. The van der Waals surface area contributed by atoms with Crippen LogP contribution in [-0.4, -0.2) is 36.2 Å². The van der Waals surface area contributed by atoms with Crippen LogP contribution in [0, 0.1) is 0 Å². The first-order valence-electron chi connectivity index (χ1n) is 12.5. The quantitative estimate of drug-likeness (QED) is 0.435. The fraction of sp³-hybridized carbons (Fsp3) is 0.367. The molecular formula is C30H38O6S. The Kier molecular flexibility index (Phi) is 9.79. The first kappa shape index (κ1) is 28.7. The van der Waals surface area contributed by atoms with Crippen molar-refractivity contribution < 1.29 is 31.4 Å². The normalized spacial score (nSPS) is 18.1. The number of Topliss-reactive ketones (excluding diaryl/α,β-unsaturated/α-hetero) is 1. The average Bonchev–Trinajstić information content (AvgIpc) is 3.28. The van der Waals surface area contributed by atoms with Gasteiger partial charge in [0.25, 0.3) is 0 Å². The van der Waals surface area contributed by atoms with Crippen molar-refractivity contribution in [2.24, 2.45) is 0 Å². The second-order valence-corrected chi connectivity index (χ2v) is 10.1. The lowest BCUT2D eigenvalue weighted by Crippen LogP contribution is -2.22. The van der Waals surface area contributed by atoms with E-state index < -0.39 is 0 Å². The third kappa shape index (κ3) is 6.54. The minimum atomic E-state index is -0.370. The summed E-state index contributed by atoms with van der Waals surface area (Å²) in [5, 5.41) is 0. The number of rotatable bonds is 6. The lowest BCUT2D eigenvalue weighted by molar-refractivity contribution is -0.120. The Balaban J connectivity index is 0.000000445. The van der Waals surface area contributed by atoms with E-state index in [9.17, 15) is 4.79 Å². The minimum Gasteiger partial charge on any atom is -0.454 e. The molecule has 2 fully saturated rings. The summed E-state index contributed by atoms with van der Waals surface area (Å²) >= 11 is 4.35. The number of fused-ring (bicyclic) bond motifs is 1. The highest BCUT2D eigenvalue weighted by molar-refractivity contribution is 7.80. The van der Waals surface area contributed by atoms with Gasteiger partial charge >= 0.3 is 0 Å². The standard InChI is InChI=1S/C24H20O3S.C6H12O.2H2O.H2/c25-23(24(10-11-24)19-6-9-21-22(14-19)27-15-26-21)13-16-2-1-3-18(12-16)17-4-7-20(28)8-5-17;1-2-6-4-3-5-7-6;;;/h1-9,12,14,28H,10-11,13,15H2;6H,2-5H2,1H3;2*1H2;1H/t;6-;;;/m.1.../s1. The molecule has 1 atom stereocenters. The summed E-state index contributed by atoms with van der Waals surface area (Å²) in [6, 6.07) is 22.2. The van der Waals surface area contributed by atoms with Gasteiger partial charge in [-0.15, -0.1) is 12.6 Å². The van der Waals surface area contributed by atoms with Gasteiger partial charge in [-0.25, -0.2) is 0 Å². The number of ketones is 1. The lowest BCUT2D eigenvalue weighted by atomic mass is 9.87. The van der Waals surface area contributed by atoms with Crippen LogP contribution in [0.2, 0.25) is 0 Å². The number of carbonyl (C=O) groups is 1. The van der Waals surface area contributed by atoms with Crippen molar-refractivity contribution in [2.75, 3.05) is 13.4 Å². The zero-order valence-corrected chi connectivity index (χ0v) is 22.1. The van der Waals surface area contributed by atoms with Crippen molar-refractivity contribution >= 4 is 18.4 Å². The maximum absolute atomic E-state index is 13.2. The molecule has 37 heavy (non-hydrogen) atoms. The molecule has 1 saturated carbocycles. The van der Waals surface area contributed by atoms with Gasteiger partial charge in [0.1, 0.15) is 5.78 Å². The molecule has 6 rings (SSSR count). The van der Waals surface area contributed by atoms with Gasteiger partial charge in [-0.05, 0) is 78.6 Å². The molecule has 0 unspecified atom stereocenters. The molecule has 3 aromatic carbocycles. The molecule has 2 aliphatic heterocycles. The van der Waals surface area contributed by atoms with Gasteiger partial charge in [0.05, 0.1) is 11.5 Å². The molecule has 3 aliphatic rings. The molecule has 7 heteroatoms. The molecule has 0 radical (unpaired) electrons. The molecule has 200 valence electrons. The number of thiol groups is 1. The van der Waals surface area contributed by atoms with Gasteiger partial charge < -0.3 is 25.2 Å². The van der Waals surface area contributed by atoms with E-state index in [0.29, 0.717) is 12.5 Å². The van der Waals surface area contributed by atoms with Crippen LogP contribution in [0.1, 0.15) is 51.6 Å². The predicted octanol–water partition coefficient (Wildman–Crippen LogP) is 5.39. The van der Waals surface area contributed by atoms with E-state index >= 15 is 0 Å². The molecule has 0 amide bonds. The van der Waals surface area contributed by atoms with Crippen molar-refractivity contribution in [3.8, 4) is 22.6 Å². The molecule has 0 bridgehead atoms. The van der Waals surface area contributed by atoms with E-state index in [0.717, 1.165) is 58.1 Å². The highest BCUT2D eigenvalue weighted by Gasteiger charge is 2.50. The number of benzene rings is 3. The number of carbonyl (C=O) groups excluding carboxylic acids is 1. The Morgan fingerprint density at radius 2 is 1.73 bits per heavy atom. The third-order valence-electron chi connectivity index (χ3n) is 7.18. The van der Waals surface area contributed by atoms with E-state index in [1.807, 2.05) is 42.5 Å².